The zero-order valence-corrected chi connectivity index (χ0v) is 13.9. The Labute approximate surface area is 127 Å². The summed E-state index contributed by atoms with van der Waals surface area (Å²) in [5, 5.41) is 3.49. The minimum atomic E-state index is -4.01. The Morgan fingerprint density at radius 2 is 1.76 bits per heavy atom. The molecule has 1 heterocycles. The summed E-state index contributed by atoms with van der Waals surface area (Å²) >= 11 is 0. The average Bonchev–Trinajstić information content (AvgIpc) is 2.38. The number of nitrogens with zero attached hydrogens (tertiary/aromatic N) is 1. The molecule has 0 aromatic carbocycles. The topological polar surface area (TPSA) is 15.3 Å². The number of halogens is 3. The maximum atomic E-state index is 12.7. The number of nitrogens with one attached hydrogen (secondary N) is 1. The molecule has 0 radical (unpaired) electrons. The standard InChI is InChI=1S/C16H31F3N2/c1-5-15(4,11-20-10-13(2)3)12-21-8-6-14(7-9-21)16(17,18)19/h13-14,20H,5-12H2,1-4H3. The largest absolute Gasteiger partial charge is 0.391 e. The fraction of sp³-hybridized carbons (Fsp3) is 1.00. The van der Waals surface area contributed by atoms with Crippen molar-refractivity contribution < 1.29 is 13.2 Å². The van der Waals surface area contributed by atoms with Crippen molar-refractivity contribution in [1.29, 1.82) is 0 Å². The molecular formula is C16H31F3N2. The molecule has 21 heavy (non-hydrogen) atoms. The van der Waals surface area contributed by atoms with Crippen molar-refractivity contribution in [2.24, 2.45) is 17.3 Å². The lowest BCUT2D eigenvalue weighted by Gasteiger charge is -2.39. The molecule has 1 fully saturated rings. The van der Waals surface area contributed by atoms with Crippen LogP contribution in [0.2, 0.25) is 0 Å². The van der Waals surface area contributed by atoms with Gasteiger partial charge in [0.15, 0.2) is 0 Å². The summed E-state index contributed by atoms with van der Waals surface area (Å²) in [7, 11) is 0. The molecule has 0 amide bonds. The van der Waals surface area contributed by atoms with Crippen LogP contribution in [-0.4, -0.2) is 43.8 Å². The second kappa shape index (κ2) is 7.82. The van der Waals surface area contributed by atoms with Gasteiger partial charge in [-0.3, -0.25) is 0 Å². The summed E-state index contributed by atoms with van der Waals surface area (Å²) in [4.78, 5) is 2.21. The fourth-order valence-corrected chi connectivity index (χ4v) is 2.91. The van der Waals surface area contributed by atoms with Crippen molar-refractivity contribution in [3.05, 3.63) is 0 Å². The third kappa shape index (κ3) is 6.55. The van der Waals surface area contributed by atoms with E-state index in [1.165, 1.54) is 0 Å². The van der Waals surface area contributed by atoms with E-state index in [0.717, 1.165) is 26.1 Å². The first-order valence-corrected chi connectivity index (χ1v) is 8.16. The third-order valence-corrected chi connectivity index (χ3v) is 4.61. The van der Waals surface area contributed by atoms with Crippen LogP contribution in [0.25, 0.3) is 0 Å². The number of piperidine rings is 1. The van der Waals surface area contributed by atoms with E-state index in [1.54, 1.807) is 0 Å². The molecule has 1 unspecified atom stereocenters. The molecule has 126 valence electrons. The van der Waals surface area contributed by atoms with Crippen LogP contribution in [-0.2, 0) is 0 Å². The second-order valence-electron chi connectivity index (χ2n) is 7.28. The van der Waals surface area contributed by atoms with E-state index in [2.05, 4.69) is 37.9 Å². The van der Waals surface area contributed by atoms with E-state index in [9.17, 15) is 13.2 Å². The minimum absolute atomic E-state index is 0.139. The molecule has 0 aromatic heterocycles. The number of alkyl halides is 3. The van der Waals surface area contributed by atoms with Crippen molar-refractivity contribution in [2.45, 2.75) is 53.1 Å². The van der Waals surface area contributed by atoms with E-state index in [1.807, 2.05) is 0 Å². The summed E-state index contributed by atoms with van der Waals surface area (Å²) in [6.45, 7) is 12.7. The van der Waals surface area contributed by atoms with Crippen LogP contribution in [0.4, 0.5) is 13.2 Å². The van der Waals surface area contributed by atoms with Gasteiger partial charge >= 0.3 is 6.18 Å². The molecule has 1 N–H and O–H groups in total. The van der Waals surface area contributed by atoms with Crippen LogP contribution >= 0.6 is 0 Å². The number of hydrogen-bond donors (Lipinski definition) is 1. The summed E-state index contributed by atoms with van der Waals surface area (Å²) in [5.41, 5.74) is 0.139. The molecule has 5 heteroatoms. The first-order valence-electron chi connectivity index (χ1n) is 8.16. The summed E-state index contributed by atoms with van der Waals surface area (Å²) in [6.07, 6.45) is -2.47. The molecule has 1 saturated heterocycles. The predicted molar refractivity (Wildman–Crippen MR) is 81.3 cm³/mol. The van der Waals surface area contributed by atoms with Gasteiger partial charge in [-0.1, -0.05) is 27.7 Å². The van der Waals surface area contributed by atoms with Gasteiger partial charge in [-0.15, -0.1) is 0 Å². The normalized spacial score (nSPS) is 21.7. The number of rotatable bonds is 7. The molecule has 1 aliphatic heterocycles. The Bertz CT molecular complexity index is 296. The second-order valence-corrected chi connectivity index (χ2v) is 7.28. The van der Waals surface area contributed by atoms with Gasteiger partial charge in [-0.05, 0) is 50.2 Å². The lowest BCUT2D eigenvalue weighted by Crippen LogP contribution is -2.46. The van der Waals surface area contributed by atoms with Gasteiger partial charge < -0.3 is 10.2 Å². The summed E-state index contributed by atoms with van der Waals surface area (Å²) in [5.74, 6) is -0.477. The van der Waals surface area contributed by atoms with Crippen molar-refractivity contribution in [3.63, 3.8) is 0 Å². The van der Waals surface area contributed by atoms with Crippen LogP contribution < -0.4 is 5.32 Å². The Morgan fingerprint density at radius 1 is 1.19 bits per heavy atom. The van der Waals surface area contributed by atoms with Gasteiger partial charge in [0.1, 0.15) is 0 Å². The van der Waals surface area contributed by atoms with Crippen molar-refractivity contribution in [3.8, 4) is 0 Å². The molecule has 0 saturated carbocycles. The Morgan fingerprint density at radius 3 is 2.19 bits per heavy atom. The molecule has 0 aliphatic carbocycles. The molecule has 0 aromatic rings. The zero-order chi connectivity index (χ0) is 16.1. The molecule has 2 nitrogen and oxygen atoms in total. The van der Waals surface area contributed by atoms with Gasteiger partial charge in [0.2, 0.25) is 0 Å². The van der Waals surface area contributed by atoms with Crippen LogP contribution in [0.1, 0.15) is 47.0 Å². The Balaban J connectivity index is 2.40. The predicted octanol–water partition coefficient (Wildman–Crippen LogP) is 3.92. The molecule has 0 spiro atoms. The molecule has 1 atom stereocenters. The van der Waals surface area contributed by atoms with Crippen LogP contribution in [0, 0.1) is 17.3 Å². The van der Waals surface area contributed by atoms with Gasteiger partial charge in [0.25, 0.3) is 0 Å². The van der Waals surface area contributed by atoms with Crippen LogP contribution in [0.15, 0.2) is 0 Å². The van der Waals surface area contributed by atoms with E-state index >= 15 is 0 Å². The maximum absolute atomic E-state index is 12.7. The van der Waals surface area contributed by atoms with E-state index in [-0.39, 0.29) is 18.3 Å². The molecule has 1 rings (SSSR count). The smallest absolute Gasteiger partial charge is 0.316 e. The molecule has 0 bridgehead atoms. The Hall–Kier alpha value is -0.290. The molecular weight excluding hydrogens is 277 g/mol. The van der Waals surface area contributed by atoms with Crippen molar-refractivity contribution in [1.82, 2.24) is 10.2 Å². The van der Waals surface area contributed by atoms with Gasteiger partial charge in [0.05, 0.1) is 5.92 Å². The van der Waals surface area contributed by atoms with Gasteiger partial charge in [-0.25, -0.2) is 0 Å². The quantitative estimate of drug-likeness (QED) is 0.767. The van der Waals surface area contributed by atoms with E-state index < -0.39 is 12.1 Å². The summed E-state index contributed by atoms with van der Waals surface area (Å²) in [6, 6.07) is 0. The molecule has 1 aliphatic rings. The number of hydrogen-bond acceptors (Lipinski definition) is 2. The van der Waals surface area contributed by atoms with E-state index in [0.29, 0.717) is 19.0 Å². The first kappa shape index (κ1) is 18.8. The highest BCUT2D eigenvalue weighted by molar-refractivity contribution is 4.84. The third-order valence-electron chi connectivity index (χ3n) is 4.61. The number of likely N-dealkylation sites (tertiary alicyclic amines) is 1. The maximum Gasteiger partial charge on any atom is 0.391 e. The fourth-order valence-electron chi connectivity index (χ4n) is 2.91. The highest BCUT2D eigenvalue weighted by Gasteiger charge is 2.41. The lowest BCUT2D eigenvalue weighted by molar-refractivity contribution is -0.185. The van der Waals surface area contributed by atoms with Gasteiger partial charge in [0, 0.05) is 13.1 Å². The van der Waals surface area contributed by atoms with Gasteiger partial charge in [-0.2, -0.15) is 13.2 Å². The average molecular weight is 308 g/mol. The van der Waals surface area contributed by atoms with Crippen molar-refractivity contribution >= 4 is 0 Å². The highest BCUT2D eigenvalue weighted by atomic mass is 19.4. The summed E-state index contributed by atoms with van der Waals surface area (Å²) < 4.78 is 38.1. The van der Waals surface area contributed by atoms with Crippen molar-refractivity contribution in [2.75, 3.05) is 32.7 Å². The lowest BCUT2D eigenvalue weighted by atomic mass is 9.85. The zero-order valence-electron chi connectivity index (χ0n) is 13.9. The van der Waals surface area contributed by atoms with Crippen LogP contribution in [0.5, 0.6) is 0 Å². The first-order chi connectivity index (χ1) is 9.66. The minimum Gasteiger partial charge on any atom is -0.316 e. The highest BCUT2D eigenvalue weighted by Crippen LogP contribution is 2.35. The monoisotopic (exact) mass is 308 g/mol. The SMILES string of the molecule is CCC(C)(CNCC(C)C)CN1CCC(C(F)(F)F)CC1. The van der Waals surface area contributed by atoms with E-state index in [4.69, 9.17) is 0 Å². The van der Waals surface area contributed by atoms with Crippen LogP contribution in [0.3, 0.4) is 0 Å². The Kier molecular flexibility index (Phi) is 6.98.